The summed E-state index contributed by atoms with van der Waals surface area (Å²) in [5.74, 6) is 0.730. The van der Waals surface area contributed by atoms with Crippen LogP contribution in [-0.4, -0.2) is 30.6 Å². The molecule has 1 aromatic carbocycles. The van der Waals surface area contributed by atoms with Crippen molar-refractivity contribution < 1.29 is 0 Å². The van der Waals surface area contributed by atoms with E-state index in [1.54, 1.807) is 0 Å². The molecule has 1 aliphatic heterocycles. The Bertz CT molecular complexity index is 404. The van der Waals surface area contributed by atoms with Crippen LogP contribution in [0.5, 0.6) is 0 Å². The van der Waals surface area contributed by atoms with E-state index in [0.29, 0.717) is 12.1 Å². The number of benzene rings is 1. The molecule has 1 aromatic rings. The molecule has 3 atom stereocenters. The van der Waals surface area contributed by atoms with Crippen molar-refractivity contribution in [3.05, 3.63) is 34.9 Å². The lowest BCUT2D eigenvalue weighted by molar-refractivity contribution is 0.188. The fraction of sp³-hybridized carbons (Fsp3) is 0.647. The quantitative estimate of drug-likeness (QED) is 0.899. The minimum atomic E-state index is 0.457. The first-order valence-corrected chi connectivity index (χ1v) is 8.22. The molecular weight excluding hydrogens is 268 g/mol. The topological polar surface area (TPSA) is 15.3 Å². The molecule has 1 heterocycles. The van der Waals surface area contributed by atoms with Crippen LogP contribution in [0.1, 0.15) is 45.2 Å². The van der Waals surface area contributed by atoms with Crippen molar-refractivity contribution in [2.45, 2.75) is 45.7 Å². The van der Waals surface area contributed by atoms with Crippen molar-refractivity contribution in [2.75, 3.05) is 19.6 Å². The second-order valence-corrected chi connectivity index (χ2v) is 6.46. The summed E-state index contributed by atoms with van der Waals surface area (Å²) in [7, 11) is 0. The smallest absolute Gasteiger partial charge is 0.0406 e. The molecule has 1 saturated heterocycles. The van der Waals surface area contributed by atoms with Gasteiger partial charge in [0.1, 0.15) is 0 Å². The Balaban J connectivity index is 2.07. The molecule has 0 aromatic heterocycles. The van der Waals surface area contributed by atoms with E-state index >= 15 is 0 Å². The first kappa shape index (κ1) is 15.8. The van der Waals surface area contributed by atoms with Gasteiger partial charge in [-0.15, -0.1) is 0 Å². The summed E-state index contributed by atoms with van der Waals surface area (Å²) >= 11 is 5.99. The van der Waals surface area contributed by atoms with Crippen LogP contribution in [-0.2, 0) is 0 Å². The summed E-state index contributed by atoms with van der Waals surface area (Å²) in [6.07, 6.45) is 2.46. The molecule has 0 radical (unpaired) electrons. The molecule has 3 unspecified atom stereocenters. The fourth-order valence-electron chi connectivity index (χ4n) is 2.95. The predicted octanol–water partition coefficient (Wildman–Crippen LogP) is 4.11. The van der Waals surface area contributed by atoms with Crippen LogP contribution in [0, 0.1) is 5.92 Å². The van der Waals surface area contributed by atoms with Crippen molar-refractivity contribution in [3.8, 4) is 0 Å². The van der Waals surface area contributed by atoms with E-state index in [1.165, 1.54) is 24.9 Å². The van der Waals surface area contributed by atoms with Crippen molar-refractivity contribution >= 4 is 11.6 Å². The second-order valence-electron chi connectivity index (χ2n) is 6.02. The molecule has 1 fully saturated rings. The number of hydrogen-bond acceptors (Lipinski definition) is 2. The Hall–Kier alpha value is -0.570. The Labute approximate surface area is 128 Å². The molecule has 0 saturated carbocycles. The van der Waals surface area contributed by atoms with E-state index in [4.69, 9.17) is 11.6 Å². The third kappa shape index (κ3) is 3.97. The zero-order chi connectivity index (χ0) is 14.5. The Morgan fingerprint density at radius 1 is 1.30 bits per heavy atom. The van der Waals surface area contributed by atoms with Crippen molar-refractivity contribution in [3.63, 3.8) is 0 Å². The van der Waals surface area contributed by atoms with Crippen LogP contribution < -0.4 is 5.32 Å². The van der Waals surface area contributed by atoms with Crippen LogP contribution in [0.2, 0.25) is 5.02 Å². The van der Waals surface area contributed by atoms with Crippen molar-refractivity contribution in [1.82, 2.24) is 10.2 Å². The van der Waals surface area contributed by atoms with Gasteiger partial charge in [0.2, 0.25) is 0 Å². The van der Waals surface area contributed by atoms with E-state index in [2.05, 4.69) is 43.1 Å². The third-order valence-corrected chi connectivity index (χ3v) is 4.94. The number of hydrogen-bond donors (Lipinski definition) is 1. The summed E-state index contributed by atoms with van der Waals surface area (Å²) in [4.78, 5) is 2.61. The minimum Gasteiger partial charge on any atom is -0.312 e. The maximum absolute atomic E-state index is 5.99. The Morgan fingerprint density at radius 2 is 2.00 bits per heavy atom. The Morgan fingerprint density at radius 3 is 2.65 bits per heavy atom. The van der Waals surface area contributed by atoms with Gasteiger partial charge in [-0.25, -0.2) is 0 Å². The van der Waals surface area contributed by atoms with E-state index in [1.807, 2.05) is 12.1 Å². The Kier molecular flexibility index (Phi) is 5.88. The fourth-order valence-corrected chi connectivity index (χ4v) is 3.07. The van der Waals surface area contributed by atoms with Crippen LogP contribution in [0.25, 0.3) is 0 Å². The maximum atomic E-state index is 5.99. The van der Waals surface area contributed by atoms with Crippen LogP contribution >= 0.6 is 11.6 Å². The zero-order valence-electron chi connectivity index (χ0n) is 12.9. The number of halogens is 1. The van der Waals surface area contributed by atoms with Gasteiger partial charge in [-0.2, -0.15) is 0 Å². The molecular formula is C17H27ClN2. The van der Waals surface area contributed by atoms with E-state index in [9.17, 15) is 0 Å². The second kappa shape index (κ2) is 7.44. The average molecular weight is 295 g/mol. The molecule has 20 heavy (non-hydrogen) atoms. The molecule has 3 heteroatoms. The van der Waals surface area contributed by atoms with Gasteiger partial charge in [-0.05, 0) is 43.5 Å². The van der Waals surface area contributed by atoms with Gasteiger partial charge in [-0.3, -0.25) is 4.90 Å². The van der Waals surface area contributed by atoms with E-state index in [-0.39, 0.29) is 0 Å². The van der Waals surface area contributed by atoms with Gasteiger partial charge in [-0.1, -0.05) is 44.0 Å². The number of nitrogens with one attached hydrogen (secondary N) is 1. The number of rotatable bonds is 4. The number of nitrogens with zero attached hydrogens (tertiary/aromatic N) is 1. The average Bonchev–Trinajstić information content (AvgIpc) is 2.72. The van der Waals surface area contributed by atoms with Gasteiger partial charge >= 0.3 is 0 Å². The molecule has 1 aliphatic rings. The lowest BCUT2D eigenvalue weighted by Crippen LogP contribution is -2.42. The minimum absolute atomic E-state index is 0.457. The maximum Gasteiger partial charge on any atom is 0.0406 e. The van der Waals surface area contributed by atoms with E-state index in [0.717, 1.165) is 24.0 Å². The summed E-state index contributed by atoms with van der Waals surface area (Å²) < 4.78 is 0. The monoisotopic (exact) mass is 294 g/mol. The zero-order valence-corrected chi connectivity index (χ0v) is 13.7. The molecule has 1 N–H and O–H groups in total. The lowest BCUT2D eigenvalue weighted by atomic mass is 9.98. The first-order valence-electron chi connectivity index (χ1n) is 7.84. The SMILES string of the molecule is CCC(C)C1CN(C(C)c2ccc(Cl)cc2)CCCN1. The van der Waals surface area contributed by atoms with Gasteiger partial charge in [0.25, 0.3) is 0 Å². The normalized spacial score (nSPS) is 24.1. The highest BCUT2D eigenvalue weighted by atomic mass is 35.5. The molecule has 0 aliphatic carbocycles. The summed E-state index contributed by atoms with van der Waals surface area (Å²) in [5.41, 5.74) is 1.36. The van der Waals surface area contributed by atoms with Gasteiger partial charge < -0.3 is 5.32 Å². The largest absolute Gasteiger partial charge is 0.312 e. The van der Waals surface area contributed by atoms with Gasteiger partial charge in [0.05, 0.1) is 0 Å². The molecule has 2 nitrogen and oxygen atoms in total. The van der Waals surface area contributed by atoms with Crippen LogP contribution in [0.15, 0.2) is 24.3 Å². The molecule has 0 bridgehead atoms. The summed E-state index contributed by atoms with van der Waals surface area (Å²) in [6, 6.07) is 9.37. The van der Waals surface area contributed by atoms with E-state index < -0.39 is 0 Å². The summed E-state index contributed by atoms with van der Waals surface area (Å²) in [6.45, 7) is 10.4. The van der Waals surface area contributed by atoms with Crippen molar-refractivity contribution in [1.29, 1.82) is 0 Å². The van der Waals surface area contributed by atoms with Crippen LogP contribution in [0.3, 0.4) is 0 Å². The standard InChI is InChI=1S/C17H27ClN2/c1-4-13(2)17-12-20(11-5-10-19-17)14(3)15-6-8-16(18)9-7-15/h6-9,13-14,17,19H,4-5,10-12H2,1-3H3. The van der Waals surface area contributed by atoms with Gasteiger partial charge in [0, 0.05) is 30.2 Å². The molecule has 0 amide bonds. The van der Waals surface area contributed by atoms with Crippen molar-refractivity contribution in [2.24, 2.45) is 5.92 Å². The highest BCUT2D eigenvalue weighted by Gasteiger charge is 2.25. The first-order chi connectivity index (χ1) is 9.61. The summed E-state index contributed by atoms with van der Waals surface area (Å²) in [5, 5.41) is 4.53. The highest BCUT2D eigenvalue weighted by Crippen LogP contribution is 2.24. The molecule has 112 valence electrons. The highest BCUT2D eigenvalue weighted by molar-refractivity contribution is 6.30. The van der Waals surface area contributed by atoms with Gasteiger partial charge in [0.15, 0.2) is 0 Å². The van der Waals surface area contributed by atoms with Crippen LogP contribution in [0.4, 0.5) is 0 Å². The third-order valence-electron chi connectivity index (χ3n) is 4.69. The lowest BCUT2D eigenvalue weighted by Gasteiger charge is -2.32. The molecule has 0 spiro atoms. The predicted molar refractivity (Wildman–Crippen MR) is 87.3 cm³/mol. The molecule has 2 rings (SSSR count).